The summed E-state index contributed by atoms with van der Waals surface area (Å²) in [4.78, 5) is 12.8. The summed E-state index contributed by atoms with van der Waals surface area (Å²) < 4.78 is 39.5. The maximum atomic E-state index is 12.8. The van der Waals surface area contributed by atoms with E-state index in [1.807, 2.05) is 0 Å². The Bertz CT molecular complexity index is 973. The Morgan fingerprint density at radius 1 is 1.19 bits per heavy atom. The van der Waals surface area contributed by atoms with Gasteiger partial charge in [-0.2, -0.15) is 23.3 Å². The van der Waals surface area contributed by atoms with E-state index in [1.165, 1.54) is 9.58 Å². The minimum absolute atomic E-state index is 0.335. The molecule has 0 aliphatic carbocycles. The molecule has 4 nitrogen and oxygen atoms in total. The van der Waals surface area contributed by atoms with Crippen molar-refractivity contribution < 1.29 is 18.0 Å². The second-order valence-electron chi connectivity index (χ2n) is 6.37. The minimum Gasteiger partial charge on any atom is -0.340 e. The van der Waals surface area contributed by atoms with Crippen LogP contribution >= 0.6 is 11.6 Å². The highest BCUT2D eigenvalue weighted by molar-refractivity contribution is 6.33. The second kappa shape index (κ2) is 6.88. The lowest BCUT2D eigenvalue weighted by Crippen LogP contribution is -2.21. The first-order chi connectivity index (χ1) is 12.6. The molecule has 0 atom stereocenters. The van der Waals surface area contributed by atoms with Crippen LogP contribution in [0, 0.1) is 13.8 Å². The van der Waals surface area contributed by atoms with Gasteiger partial charge >= 0.3 is 6.18 Å². The van der Waals surface area contributed by atoms with Gasteiger partial charge in [-0.15, -0.1) is 0 Å². The highest BCUT2D eigenvalue weighted by Crippen LogP contribution is 2.29. The van der Waals surface area contributed by atoms with Gasteiger partial charge < -0.3 is 4.57 Å². The number of hydrazone groups is 1. The third-order valence-electron chi connectivity index (χ3n) is 4.37. The molecular weight excluding hydrogens is 379 g/mol. The van der Waals surface area contributed by atoms with Crippen LogP contribution in [-0.2, 0) is 11.3 Å². The Hall–Kier alpha value is -2.54. The maximum absolute atomic E-state index is 12.8. The molecule has 0 unspecified atom stereocenters. The quantitative estimate of drug-likeness (QED) is 0.664. The molecule has 0 bridgehead atoms. The molecule has 0 fully saturated rings. The number of anilines is 1. The molecule has 0 spiro atoms. The molecule has 0 radical (unpaired) electrons. The molecule has 27 heavy (non-hydrogen) atoms. The number of alkyl halides is 3. The first kappa shape index (κ1) is 19.2. The third kappa shape index (κ3) is 3.93. The number of hydrogen-bond donors (Lipinski definition) is 0. The summed E-state index contributed by atoms with van der Waals surface area (Å²) in [5.41, 5.74) is 2.82. The number of nitrogens with zero attached hydrogens (tertiary/aromatic N) is 3. The predicted octanol–water partition coefficient (Wildman–Crippen LogP) is 5.13. The van der Waals surface area contributed by atoms with Crippen LogP contribution in [-0.4, -0.2) is 22.4 Å². The summed E-state index contributed by atoms with van der Waals surface area (Å²) in [5.74, 6) is -0.351. The second-order valence-corrected chi connectivity index (χ2v) is 6.80. The first-order valence-electron chi connectivity index (χ1n) is 8.17. The first-order valence-corrected chi connectivity index (χ1v) is 8.55. The van der Waals surface area contributed by atoms with Crippen molar-refractivity contribution in [2.75, 3.05) is 5.01 Å². The van der Waals surface area contributed by atoms with E-state index in [0.29, 0.717) is 38.9 Å². The number of hydrogen-bond acceptors (Lipinski definition) is 2. The fourth-order valence-corrected chi connectivity index (χ4v) is 3.20. The van der Waals surface area contributed by atoms with Crippen molar-refractivity contribution in [2.24, 2.45) is 5.10 Å². The monoisotopic (exact) mass is 395 g/mol. The Labute approximate surface area is 159 Å². The number of carbonyl (C=O) groups is 1. The highest BCUT2D eigenvalue weighted by Gasteiger charge is 2.31. The number of aromatic nitrogens is 1. The van der Waals surface area contributed by atoms with Crippen LogP contribution in [0.1, 0.15) is 23.9 Å². The van der Waals surface area contributed by atoms with Gasteiger partial charge in [-0.1, -0.05) is 17.7 Å². The minimum atomic E-state index is -4.32. The van der Waals surface area contributed by atoms with Gasteiger partial charge in [0.2, 0.25) is 0 Å². The van der Waals surface area contributed by atoms with Gasteiger partial charge in [-0.3, -0.25) is 4.79 Å². The van der Waals surface area contributed by atoms with Crippen molar-refractivity contribution in [3.05, 3.63) is 57.9 Å². The summed E-state index contributed by atoms with van der Waals surface area (Å²) in [5, 5.41) is 5.97. The van der Waals surface area contributed by atoms with Gasteiger partial charge in [0, 0.05) is 16.4 Å². The normalized spacial score (nSPS) is 16.4. The Kier molecular flexibility index (Phi) is 4.90. The fraction of sp³-hybridized carbons (Fsp3) is 0.263. The number of aryl methyl sites for hydroxylation is 1. The zero-order valence-electron chi connectivity index (χ0n) is 14.9. The average Bonchev–Trinajstić information content (AvgIpc) is 2.99. The molecule has 1 aliphatic rings. The summed E-state index contributed by atoms with van der Waals surface area (Å²) in [6.45, 7) is 3.83. The van der Waals surface area contributed by atoms with Gasteiger partial charge in [0.05, 0.1) is 17.0 Å². The third-order valence-corrected chi connectivity index (χ3v) is 4.60. The van der Waals surface area contributed by atoms with E-state index in [0.717, 1.165) is 0 Å². The van der Waals surface area contributed by atoms with Crippen LogP contribution in [0.3, 0.4) is 0 Å². The van der Waals surface area contributed by atoms with E-state index in [2.05, 4.69) is 5.10 Å². The molecule has 0 N–H and O–H groups in total. The lowest BCUT2D eigenvalue weighted by Gasteiger charge is -2.12. The molecule has 1 amide bonds. The number of amides is 1. The van der Waals surface area contributed by atoms with Crippen molar-refractivity contribution in [1.82, 2.24) is 4.57 Å². The van der Waals surface area contributed by atoms with Gasteiger partial charge in [-0.25, -0.2) is 0 Å². The standard InChI is InChI=1S/C19H17ClF3N3O/c1-11-7-14(13(3)25(11)10-19(21,22)23)8-17-12(2)24-26(18(17)27)16-6-4-5-15(20)9-16/h4-9H,10H2,1-3H3/b17-8-. The number of halogens is 4. The predicted molar refractivity (Wildman–Crippen MR) is 100.0 cm³/mol. The van der Waals surface area contributed by atoms with Crippen molar-refractivity contribution in [3.8, 4) is 0 Å². The van der Waals surface area contributed by atoms with E-state index in [1.54, 1.807) is 57.2 Å². The Balaban J connectivity index is 1.96. The zero-order chi connectivity index (χ0) is 19.9. The lowest BCUT2D eigenvalue weighted by molar-refractivity contribution is -0.141. The molecule has 1 aromatic heterocycles. The smallest absolute Gasteiger partial charge is 0.340 e. The van der Waals surface area contributed by atoms with Crippen LogP contribution in [0.5, 0.6) is 0 Å². The largest absolute Gasteiger partial charge is 0.406 e. The summed E-state index contributed by atoms with van der Waals surface area (Å²) in [6, 6.07) is 8.36. The van der Waals surface area contributed by atoms with E-state index in [4.69, 9.17) is 11.6 Å². The summed E-state index contributed by atoms with van der Waals surface area (Å²) >= 11 is 5.97. The van der Waals surface area contributed by atoms with Crippen molar-refractivity contribution >= 4 is 35.0 Å². The molecular formula is C19H17ClF3N3O. The zero-order valence-corrected chi connectivity index (χ0v) is 15.7. The maximum Gasteiger partial charge on any atom is 0.406 e. The Morgan fingerprint density at radius 2 is 1.89 bits per heavy atom. The summed E-state index contributed by atoms with van der Waals surface area (Å²) in [6.07, 6.45) is -2.73. The molecule has 142 valence electrons. The topological polar surface area (TPSA) is 37.6 Å². The SMILES string of the molecule is CC1=NN(c2cccc(Cl)c2)C(=O)/C1=C\c1cc(C)n(CC(F)(F)F)c1C. The number of benzene rings is 1. The summed E-state index contributed by atoms with van der Waals surface area (Å²) in [7, 11) is 0. The van der Waals surface area contributed by atoms with Gasteiger partial charge in [0.25, 0.3) is 5.91 Å². The van der Waals surface area contributed by atoms with E-state index >= 15 is 0 Å². The van der Waals surface area contributed by atoms with Crippen LogP contribution in [0.25, 0.3) is 6.08 Å². The van der Waals surface area contributed by atoms with E-state index in [9.17, 15) is 18.0 Å². The molecule has 0 saturated carbocycles. The Morgan fingerprint density at radius 3 is 2.52 bits per heavy atom. The van der Waals surface area contributed by atoms with Crippen molar-refractivity contribution in [3.63, 3.8) is 0 Å². The number of rotatable bonds is 3. The van der Waals surface area contributed by atoms with E-state index in [-0.39, 0.29) is 5.91 Å². The fourth-order valence-electron chi connectivity index (χ4n) is 3.02. The number of carbonyl (C=O) groups excluding carboxylic acids is 1. The molecule has 3 rings (SSSR count). The van der Waals surface area contributed by atoms with Crippen LogP contribution in [0.15, 0.2) is 41.0 Å². The average molecular weight is 396 g/mol. The van der Waals surface area contributed by atoms with Gasteiger partial charge in [0.15, 0.2) is 0 Å². The lowest BCUT2D eigenvalue weighted by atomic mass is 10.1. The van der Waals surface area contributed by atoms with Crippen molar-refractivity contribution in [1.29, 1.82) is 0 Å². The molecule has 2 heterocycles. The molecule has 0 saturated heterocycles. The molecule has 1 aliphatic heterocycles. The van der Waals surface area contributed by atoms with Gasteiger partial charge in [-0.05, 0) is 56.7 Å². The van der Waals surface area contributed by atoms with Crippen LogP contribution < -0.4 is 5.01 Å². The molecule has 1 aromatic carbocycles. The molecule has 2 aromatic rings. The highest BCUT2D eigenvalue weighted by atomic mass is 35.5. The van der Waals surface area contributed by atoms with Crippen LogP contribution in [0.4, 0.5) is 18.9 Å². The molecule has 8 heteroatoms. The van der Waals surface area contributed by atoms with Crippen molar-refractivity contribution in [2.45, 2.75) is 33.5 Å². The van der Waals surface area contributed by atoms with Crippen LogP contribution in [0.2, 0.25) is 5.02 Å². The van der Waals surface area contributed by atoms with Gasteiger partial charge in [0.1, 0.15) is 6.54 Å². The van der Waals surface area contributed by atoms with E-state index < -0.39 is 12.7 Å².